The van der Waals surface area contributed by atoms with Crippen LogP contribution in [-0.4, -0.2) is 72.5 Å². The van der Waals surface area contributed by atoms with E-state index < -0.39 is 18.6 Å². The van der Waals surface area contributed by atoms with Crippen molar-refractivity contribution in [2.75, 3.05) is 40.5 Å². The number of thiazole rings is 1. The Bertz CT molecular complexity index is 1620. The van der Waals surface area contributed by atoms with Gasteiger partial charge in [0.15, 0.2) is 0 Å². The normalized spacial score (nSPS) is 10.9. The molecule has 3 aromatic carbocycles. The number of nitrogens with one attached hydrogen (secondary N) is 1. The Morgan fingerprint density at radius 1 is 0.938 bits per heavy atom. The zero-order chi connectivity index (χ0) is 34.3. The summed E-state index contributed by atoms with van der Waals surface area (Å²) in [6.45, 7) is 1.54. The molecule has 1 aromatic heterocycles. The van der Waals surface area contributed by atoms with Gasteiger partial charge in [0.05, 0.1) is 20.8 Å². The number of ether oxygens (including phenoxy) is 3. The summed E-state index contributed by atoms with van der Waals surface area (Å²) in [6, 6.07) is 22.6. The van der Waals surface area contributed by atoms with Crippen molar-refractivity contribution in [1.29, 1.82) is 0 Å². The number of hydrogen-bond donors (Lipinski definition) is 1. The molecule has 48 heavy (non-hydrogen) atoms. The van der Waals surface area contributed by atoms with E-state index in [-0.39, 0.29) is 37.8 Å². The van der Waals surface area contributed by atoms with Crippen LogP contribution in [0.4, 0.5) is 4.39 Å². The Morgan fingerprint density at radius 2 is 1.58 bits per heavy atom. The lowest BCUT2D eigenvalue weighted by Crippen LogP contribution is -2.32. The fraction of sp³-hybridized carbons (Fsp3) is 0.314. The maximum atomic E-state index is 13.9. The first-order valence-corrected chi connectivity index (χ1v) is 16.9. The number of aromatic nitrogens is 1. The average molecular weight is 695 g/mol. The summed E-state index contributed by atoms with van der Waals surface area (Å²) in [4.78, 5) is 45.4. The van der Waals surface area contributed by atoms with Crippen LogP contribution in [-0.2, 0) is 29.1 Å². The van der Waals surface area contributed by atoms with Gasteiger partial charge in [-0.1, -0.05) is 60.7 Å². The molecule has 4 aromatic rings. The Balaban J connectivity index is 1.40. The minimum absolute atomic E-state index is 0.0949. The molecule has 0 bridgehead atoms. The number of benzene rings is 3. The molecular weight excluding hydrogens is 656 g/mol. The topological polar surface area (TPSA) is 110 Å². The maximum absolute atomic E-state index is 13.9. The van der Waals surface area contributed by atoms with E-state index in [1.165, 1.54) is 21.2 Å². The molecular formula is C35H39FN4O6S2. The van der Waals surface area contributed by atoms with Gasteiger partial charge in [0.2, 0.25) is 0 Å². The minimum Gasteiger partial charge on any atom is -0.496 e. The average Bonchev–Trinajstić information content (AvgIpc) is 3.58. The summed E-state index contributed by atoms with van der Waals surface area (Å²) in [5.41, 5.74) is 3.34. The molecule has 10 nitrogen and oxygen atoms in total. The highest BCUT2D eigenvalue weighted by Gasteiger charge is 2.22. The predicted octanol–water partition coefficient (Wildman–Crippen LogP) is 6.05. The number of aryl methyl sites for hydroxylation is 1. The molecule has 254 valence electrons. The van der Waals surface area contributed by atoms with Gasteiger partial charge in [-0.25, -0.2) is 13.7 Å². The highest BCUT2D eigenvalue weighted by molar-refractivity contribution is 7.95. The van der Waals surface area contributed by atoms with E-state index in [1.807, 2.05) is 67.6 Å². The number of hydrogen-bond acceptors (Lipinski definition) is 10. The van der Waals surface area contributed by atoms with Gasteiger partial charge in [0.25, 0.3) is 11.8 Å². The second kappa shape index (κ2) is 18.8. The van der Waals surface area contributed by atoms with Crippen LogP contribution in [0.15, 0.2) is 78.2 Å². The zero-order valence-electron chi connectivity index (χ0n) is 27.1. The van der Waals surface area contributed by atoms with Crippen LogP contribution in [0.2, 0.25) is 0 Å². The largest absolute Gasteiger partial charge is 0.496 e. The molecule has 0 saturated carbocycles. The highest BCUT2D eigenvalue weighted by Crippen LogP contribution is 2.30. The number of esters is 1. The van der Waals surface area contributed by atoms with Crippen molar-refractivity contribution in [2.45, 2.75) is 32.9 Å². The van der Waals surface area contributed by atoms with Crippen LogP contribution in [0.25, 0.3) is 0 Å². The quantitative estimate of drug-likeness (QED) is 0.0983. The van der Waals surface area contributed by atoms with E-state index in [4.69, 9.17) is 14.2 Å². The van der Waals surface area contributed by atoms with Gasteiger partial charge in [-0.15, -0.1) is 11.3 Å². The van der Waals surface area contributed by atoms with Crippen LogP contribution in [0.1, 0.15) is 49.0 Å². The third-order valence-corrected chi connectivity index (χ3v) is 8.96. The Kier molecular flexibility index (Phi) is 14.2. The van der Waals surface area contributed by atoms with Crippen molar-refractivity contribution in [2.24, 2.45) is 0 Å². The molecule has 1 heterocycles. The van der Waals surface area contributed by atoms with Gasteiger partial charge in [0, 0.05) is 41.7 Å². The van der Waals surface area contributed by atoms with E-state index in [9.17, 15) is 18.8 Å². The summed E-state index contributed by atoms with van der Waals surface area (Å²) in [7, 11) is 3.09. The van der Waals surface area contributed by atoms with Crippen molar-refractivity contribution < 1.29 is 33.0 Å². The molecule has 13 heteroatoms. The van der Waals surface area contributed by atoms with Crippen LogP contribution in [0.5, 0.6) is 11.5 Å². The molecule has 0 aliphatic carbocycles. The third kappa shape index (κ3) is 10.8. The molecule has 2 amide bonds. The number of carbonyl (C=O) groups excluding carboxylic acids is 3. The van der Waals surface area contributed by atoms with Gasteiger partial charge in [0.1, 0.15) is 42.0 Å². The first-order chi connectivity index (χ1) is 23.3. The number of methoxy groups -OCH3 is 2. The van der Waals surface area contributed by atoms with E-state index in [0.29, 0.717) is 35.0 Å². The summed E-state index contributed by atoms with van der Waals surface area (Å²) in [5, 5.41) is 2.16. The lowest BCUT2D eigenvalue weighted by Gasteiger charge is -2.23. The van der Waals surface area contributed by atoms with Gasteiger partial charge < -0.3 is 19.1 Å². The fourth-order valence-corrected chi connectivity index (χ4v) is 6.19. The smallest absolute Gasteiger partial charge is 0.321 e. The Hall–Kier alpha value is -4.46. The first kappa shape index (κ1) is 36.4. The van der Waals surface area contributed by atoms with E-state index in [0.717, 1.165) is 29.7 Å². The van der Waals surface area contributed by atoms with E-state index in [1.54, 1.807) is 36.6 Å². The summed E-state index contributed by atoms with van der Waals surface area (Å²) < 4.78 is 33.5. The van der Waals surface area contributed by atoms with Gasteiger partial charge >= 0.3 is 5.97 Å². The molecule has 0 radical (unpaired) electrons. The zero-order valence-corrected chi connectivity index (χ0v) is 28.8. The molecule has 0 fully saturated rings. The van der Waals surface area contributed by atoms with Gasteiger partial charge in [-0.3, -0.25) is 19.1 Å². The van der Waals surface area contributed by atoms with Crippen LogP contribution in [0.3, 0.4) is 0 Å². The van der Waals surface area contributed by atoms with Crippen molar-refractivity contribution in [1.82, 2.24) is 18.9 Å². The number of halogens is 1. The maximum Gasteiger partial charge on any atom is 0.321 e. The van der Waals surface area contributed by atoms with Crippen molar-refractivity contribution in [3.05, 3.63) is 111 Å². The lowest BCUT2D eigenvalue weighted by atomic mass is 10.1. The Labute approximate surface area is 288 Å². The molecule has 0 spiro atoms. The Morgan fingerprint density at radius 3 is 2.21 bits per heavy atom. The minimum atomic E-state index is -0.720. The molecule has 0 aliphatic rings. The summed E-state index contributed by atoms with van der Waals surface area (Å²) >= 11 is 2.06. The second-order valence-corrected chi connectivity index (χ2v) is 12.5. The summed E-state index contributed by atoms with van der Waals surface area (Å²) in [5.74, 6) is -0.208. The molecule has 4 rings (SSSR count). The van der Waals surface area contributed by atoms with Crippen LogP contribution < -0.4 is 14.2 Å². The number of rotatable bonds is 18. The van der Waals surface area contributed by atoms with Crippen molar-refractivity contribution in [3.63, 3.8) is 0 Å². The standard InChI is InChI=1S/C35H39FN4O6S2/c1-25-30(44-2)19-28(20-31(25)45-3)35(43)39(17-10-15-26-11-6-4-7-12-26)21-32-37-29(24-47-32)34(42)38-48-40(18-16-36)22-33(41)46-23-27-13-8-5-9-14-27/h4-9,11-14,19-20,24H,10,15-18,21-23H2,1-3H3,(H,38,42). The number of nitrogens with zero attached hydrogens (tertiary/aromatic N) is 3. The number of alkyl halides is 1. The summed E-state index contributed by atoms with van der Waals surface area (Å²) in [6.07, 6.45) is 1.49. The van der Waals surface area contributed by atoms with Crippen LogP contribution in [0, 0.1) is 6.92 Å². The molecule has 0 aliphatic heterocycles. The number of amides is 2. The molecule has 0 atom stereocenters. The van der Waals surface area contributed by atoms with Crippen molar-refractivity contribution in [3.8, 4) is 11.5 Å². The molecule has 1 N–H and O–H groups in total. The fourth-order valence-electron chi connectivity index (χ4n) is 4.75. The van der Waals surface area contributed by atoms with Gasteiger partial charge in [-0.05, 0) is 43.0 Å². The van der Waals surface area contributed by atoms with E-state index >= 15 is 0 Å². The SMILES string of the molecule is COc1cc(C(=O)N(CCCc2ccccc2)Cc2nc(C(=O)NSN(CCF)CC(=O)OCc3ccccc3)cs2)cc(OC)c1C. The monoisotopic (exact) mass is 694 g/mol. The first-order valence-electron chi connectivity index (χ1n) is 15.3. The second-order valence-electron chi connectivity index (χ2n) is 10.7. The van der Waals surface area contributed by atoms with Crippen LogP contribution >= 0.6 is 23.5 Å². The highest BCUT2D eigenvalue weighted by atomic mass is 32.2. The molecule has 0 saturated heterocycles. The van der Waals surface area contributed by atoms with Crippen molar-refractivity contribution >= 4 is 41.3 Å². The predicted molar refractivity (Wildman–Crippen MR) is 185 cm³/mol. The number of carbonyl (C=O) groups is 3. The van der Waals surface area contributed by atoms with Gasteiger partial charge in [-0.2, -0.15) is 0 Å². The van der Waals surface area contributed by atoms with E-state index in [2.05, 4.69) is 9.71 Å². The molecule has 0 unspecified atom stereocenters. The third-order valence-electron chi connectivity index (χ3n) is 7.28. The lowest BCUT2D eigenvalue weighted by molar-refractivity contribution is -0.145.